The van der Waals surface area contributed by atoms with Gasteiger partial charge in [-0.05, 0) is 63.0 Å². The van der Waals surface area contributed by atoms with E-state index in [1.165, 1.54) is 11.8 Å². The van der Waals surface area contributed by atoms with Crippen molar-refractivity contribution in [2.75, 3.05) is 18.9 Å². The Kier molecular flexibility index (Phi) is 5.91. The molecule has 0 fully saturated rings. The van der Waals surface area contributed by atoms with Crippen molar-refractivity contribution in [1.29, 1.82) is 0 Å². The van der Waals surface area contributed by atoms with Crippen LogP contribution in [0.25, 0.3) is 0 Å². The molecule has 0 bridgehead atoms. The Balaban J connectivity index is 1.98. The second-order valence-electron chi connectivity index (χ2n) is 4.96. The fraction of sp³-hybridized carbons (Fsp3) is 0.312. The van der Waals surface area contributed by atoms with Gasteiger partial charge in [0.05, 0.1) is 0 Å². The highest BCUT2D eigenvalue weighted by atomic mass is 32.2. The Hall–Kier alpha value is -1.92. The molecule has 0 spiro atoms. The van der Waals surface area contributed by atoms with Gasteiger partial charge in [-0.2, -0.15) is 0 Å². The van der Waals surface area contributed by atoms with Crippen molar-refractivity contribution in [2.45, 2.75) is 30.3 Å². The standard InChI is InChI=1S/C16H20N4OS/c1-11-10-12(2)19-16(18-11)22-14-6-4-13(5-7-14)20-15(21)8-9-17-3/h4-7,10,17H,8-9H2,1-3H3,(H,20,21). The minimum Gasteiger partial charge on any atom is -0.326 e. The minimum atomic E-state index is 0.00685. The fourth-order valence-electron chi connectivity index (χ4n) is 1.91. The number of hydrogen-bond acceptors (Lipinski definition) is 5. The number of nitrogens with one attached hydrogen (secondary N) is 2. The molecule has 5 nitrogen and oxygen atoms in total. The van der Waals surface area contributed by atoms with E-state index in [0.717, 1.165) is 27.1 Å². The molecular formula is C16H20N4OS. The molecular weight excluding hydrogens is 296 g/mol. The highest BCUT2D eigenvalue weighted by Gasteiger charge is 2.04. The quantitative estimate of drug-likeness (QED) is 0.802. The minimum absolute atomic E-state index is 0.00685. The second-order valence-corrected chi connectivity index (χ2v) is 6.00. The Morgan fingerprint density at radius 3 is 2.36 bits per heavy atom. The van der Waals surface area contributed by atoms with Crippen LogP contribution in [0.15, 0.2) is 40.4 Å². The molecule has 0 atom stereocenters. The van der Waals surface area contributed by atoms with E-state index in [1.807, 2.05) is 51.2 Å². The van der Waals surface area contributed by atoms with E-state index in [-0.39, 0.29) is 5.91 Å². The molecule has 2 aromatic rings. The Morgan fingerprint density at radius 1 is 1.14 bits per heavy atom. The molecule has 0 aliphatic heterocycles. The fourth-order valence-corrected chi connectivity index (χ4v) is 2.78. The molecule has 1 heterocycles. The monoisotopic (exact) mass is 316 g/mol. The van der Waals surface area contributed by atoms with Gasteiger partial charge in [0.25, 0.3) is 0 Å². The van der Waals surface area contributed by atoms with Gasteiger partial charge >= 0.3 is 0 Å². The van der Waals surface area contributed by atoms with Crippen molar-refractivity contribution >= 4 is 23.4 Å². The summed E-state index contributed by atoms with van der Waals surface area (Å²) in [5.41, 5.74) is 2.72. The van der Waals surface area contributed by atoms with Crippen molar-refractivity contribution < 1.29 is 4.79 Å². The van der Waals surface area contributed by atoms with Crippen LogP contribution in [0.4, 0.5) is 5.69 Å². The number of aromatic nitrogens is 2. The third-order valence-electron chi connectivity index (χ3n) is 2.91. The SMILES string of the molecule is CNCCC(=O)Nc1ccc(Sc2nc(C)cc(C)n2)cc1. The molecule has 116 valence electrons. The first-order valence-electron chi connectivity index (χ1n) is 7.11. The Labute approximate surface area is 135 Å². The van der Waals surface area contributed by atoms with E-state index in [2.05, 4.69) is 20.6 Å². The first kappa shape index (κ1) is 16.5. The van der Waals surface area contributed by atoms with Gasteiger partial charge in [-0.25, -0.2) is 9.97 Å². The van der Waals surface area contributed by atoms with Crippen molar-refractivity contribution in [3.63, 3.8) is 0 Å². The molecule has 0 radical (unpaired) electrons. The number of rotatable bonds is 6. The first-order valence-corrected chi connectivity index (χ1v) is 7.93. The number of nitrogens with zero attached hydrogens (tertiary/aromatic N) is 2. The van der Waals surface area contributed by atoms with Crippen LogP contribution in [-0.2, 0) is 4.79 Å². The largest absolute Gasteiger partial charge is 0.326 e. The number of carbonyl (C=O) groups is 1. The smallest absolute Gasteiger partial charge is 0.225 e. The average molecular weight is 316 g/mol. The van der Waals surface area contributed by atoms with E-state index < -0.39 is 0 Å². The summed E-state index contributed by atoms with van der Waals surface area (Å²) in [6.45, 7) is 4.59. The predicted molar refractivity (Wildman–Crippen MR) is 89.2 cm³/mol. The van der Waals surface area contributed by atoms with Crippen LogP contribution in [0.2, 0.25) is 0 Å². The molecule has 0 saturated heterocycles. The van der Waals surface area contributed by atoms with Gasteiger partial charge in [0.2, 0.25) is 5.91 Å². The third-order valence-corrected chi connectivity index (χ3v) is 3.78. The lowest BCUT2D eigenvalue weighted by Crippen LogP contribution is -2.18. The summed E-state index contributed by atoms with van der Waals surface area (Å²) in [5.74, 6) is 0.00685. The summed E-state index contributed by atoms with van der Waals surface area (Å²) in [7, 11) is 1.83. The van der Waals surface area contributed by atoms with Crippen molar-refractivity contribution in [2.24, 2.45) is 0 Å². The van der Waals surface area contributed by atoms with Crippen molar-refractivity contribution in [3.8, 4) is 0 Å². The Morgan fingerprint density at radius 2 is 1.77 bits per heavy atom. The Bertz CT molecular complexity index is 623. The molecule has 0 aliphatic carbocycles. The van der Waals surface area contributed by atoms with Gasteiger partial charge < -0.3 is 10.6 Å². The van der Waals surface area contributed by atoms with Gasteiger partial charge in [-0.3, -0.25) is 4.79 Å². The molecule has 1 aromatic heterocycles. The molecule has 22 heavy (non-hydrogen) atoms. The normalized spacial score (nSPS) is 10.5. The van der Waals surface area contributed by atoms with Crippen molar-refractivity contribution in [1.82, 2.24) is 15.3 Å². The van der Waals surface area contributed by atoms with Gasteiger partial charge in [-0.1, -0.05) is 0 Å². The molecule has 0 unspecified atom stereocenters. The molecule has 0 aliphatic rings. The lowest BCUT2D eigenvalue weighted by molar-refractivity contribution is -0.116. The number of benzene rings is 1. The number of hydrogen-bond donors (Lipinski definition) is 2. The van der Waals surface area contributed by atoms with Crippen LogP contribution in [0.1, 0.15) is 17.8 Å². The van der Waals surface area contributed by atoms with Crippen molar-refractivity contribution in [3.05, 3.63) is 41.7 Å². The van der Waals surface area contributed by atoms with Gasteiger partial charge in [0.1, 0.15) is 0 Å². The van der Waals surface area contributed by atoms with E-state index in [1.54, 1.807) is 0 Å². The average Bonchev–Trinajstić information content (AvgIpc) is 2.46. The number of carbonyl (C=O) groups excluding carboxylic acids is 1. The maximum absolute atomic E-state index is 11.6. The lowest BCUT2D eigenvalue weighted by Gasteiger charge is -2.06. The zero-order valence-electron chi connectivity index (χ0n) is 13.0. The summed E-state index contributed by atoms with van der Waals surface area (Å²) in [6, 6.07) is 9.65. The summed E-state index contributed by atoms with van der Waals surface area (Å²) in [4.78, 5) is 21.5. The predicted octanol–water partition coefficient (Wildman–Crippen LogP) is 2.79. The molecule has 1 aromatic carbocycles. The molecule has 1 amide bonds. The summed E-state index contributed by atoms with van der Waals surface area (Å²) in [6.07, 6.45) is 0.462. The van der Waals surface area contributed by atoms with E-state index in [9.17, 15) is 4.79 Å². The lowest BCUT2D eigenvalue weighted by atomic mass is 10.3. The zero-order chi connectivity index (χ0) is 15.9. The van der Waals surface area contributed by atoms with Crippen LogP contribution in [0.3, 0.4) is 0 Å². The van der Waals surface area contributed by atoms with Gasteiger partial charge in [-0.15, -0.1) is 0 Å². The molecule has 2 rings (SSSR count). The number of anilines is 1. The maximum Gasteiger partial charge on any atom is 0.225 e. The van der Waals surface area contributed by atoms with Crippen LogP contribution in [-0.4, -0.2) is 29.5 Å². The summed E-state index contributed by atoms with van der Waals surface area (Å²) in [5, 5.41) is 6.56. The van der Waals surface area contributed by atoms with Gasteiger partial charge in [0, 0.05) is 34.9 Å². The van der Waals surface area contributed by atoms with E-state index in [4.69, 9.17) is 0 Å². The highest BCUT2D eigenvalue weighted by Crippen LogP contribution is 2.26. The maximum atomic E-state index is 11.6. The van der Waals surface area contributed by atoms with Crippen LogP contribution in [0.5, 0.6) is 0 Å². The first-order chi connectivity index (χ1) is 10.6. The van der Waals surface area contributed by atoms with Crippen LogP contribution >= 0.6 is 11.8 Å². The van der Waals surface area contributed by atoms with Gasteiger partial charge in [0.15, 0.2) is 5.16 Å². The number of amides is 1. The third kappa shape index (κ3) is 5.13. The summed E-state index contributed by atoms with van der Waals surface area (Å²) < 4.78 is 0. The number of aryl methyl sites for hydroxylation is 2. The molecule has 0 saturated carbocycles. The molecule has 6 heteroatoms. The highest BCUT2D eigenvalue weighted by molar-refractivity contribution is 7.99. The molecule has 2 N–H and O–H groups in total. The van der Waals surface area contributed by atoms with Crippen LogP contribution < -0.4 is 10.6 Å². The van der Waals surface area contributed by atoms with E-state index >= 15 is 0 Å². The topological polar surface area (TPSA) is 66.9 Å². The van der Waals surface area contributed by atoms with Crippen LogP contribution in [0, 0.1) is 13.8 Å². The summed E-state index contributed by atoms with van der Waals surface area (Å²) >= 11 is 1.51. The second kappa shape index (κ2) is 7.91. The van der Waals surface area contributed by atoms with E-state index in [0.29, 0.717) is 13.0 Å². The zero-order valence-corrected chi connectivity index (χ0v) is 13.8.